The van der Waals surface area contributed by atoms with Crippen LogP contribution in [0.4, 0.5) is 19.0 Å². The Morgan fingerprint density at radius 2 is 1.91 bits per heavy atom. The van der Waals surface area contributed by atoms with E-state index >= 15 is 0 Å². The average Bonchev–Trinajstić information content (AvgIpc) is 3.24. The molecular weight excluding hydrogens is 500 g/mol. The molecule has 182 valence electrons. The summed E-state index contributed by atoms with van der Waals surface area (Å²) in [5.74, 6) is -0.257. The third-order valence-corrected chi connectivity index (χ3v) is 7.18. The highest BCUT2D eigenvalue weighted by Crippen LogP contribution is 2.41. The Balaban J connectivity index is 1.57. The smallest absolute Gasteiger partial charge is 0.345 e. The number of anilines is 1. The number of hydrogen-bond acceptors (Lipinski definition) is 3. The summed E-state index contributed by atoms with van der Waals surface area (Å²) < 4.78 is 41.6. The lowest BCUT2D eigenvalue weighted by Crippen LogP contribution is -2.37. The lowest BCUT2D eigenvalue weighted by atomic mass is 9.87. The van der Waals surface area contributed by atoms with Crippen LogP contribution in [0, 0.1) is 0 Å². The van der Waals surface area contributed by atoms with Crippen LogP contribution < -0.4 is 10.6 Å². The van der Waals surface area contributed by atoms with Crippen LogP contribution in [0.3, 0.4) is 0 Å². The average molecular weight is 521 g/mol. The van der Waals surface area contributed by atoms with Crippen LogP contribution in [0.5, 0.6) is 0 Å². The molecule has 0 saturated carbocycles. The predicted octanol–water partition coefficient (Wildman–Crippen LogP) is 6.69. The lowest BCUT2D eigenvalue weighted by molar-refractivity contribution is -0.141. The number of carbonyl (C=O) groups is 1. The molecule has 0 bridgehead atoms. The number of rotatable bonds is 3. The fourth-order valence-electron chi connectivity index (χ4n) is 4.83. The van der Waals surface area contributed by atoms with E-state index in [-0.39, 0.29) is 28.4 Å². The Labute approximate surface area is 209 Å². The van der Waals surface area contributed by atoms with Crippen LogP contribution in [0.2, 0.25) is 10.0 Å². The molecule has 2 aromatic carbocycles. The molecule has 0 fully saturated rings. The van der Waals surface area contributed by atoms with Crippen LogP contribution in [0.25, 0.3) is 0 Å². The predicted molar refractivity (Wildman–Crippen MR) is 128 cm³/mol. The molecule has 1 aromatic heterocycles. The van der Waals surface area contributed by atoms with Crippen LogP contribution >= 0.6 is 23.2 Å². The summed E-state index contributed by atoms with van der Waals surface area (Å²) >= 11 is 12.3. The van der Waals surface area contributed by atoms with E-state index in [0.29, 0.717) is 16.3 Å². The zero-order chi connectivity index (χ0) is 24.9. The van der Waals surface area contributed by atoms with E-state index in [1.54, 1.807) is 25.1 Å². The number of fused-ring (bicyclic) bond motifs is 2. The minimum Gasteiger partial charge on any atom is -0.345 e. The third-order valence-electron chi connectivity index (χ3n) is 6.44. The number of halogens is 5. The van der Waals surface area contributed by atoms with Gasteiger partial charge in [-0.15, -0.1) is 0 Å². The van der Waals surface area contributed by atoms with Crippen molar-refractivity contribution in [3.05, 3.63) is 92.2 Å². The number of carbonyl (C=O) groups excluding carboxylic acids is 1. The van der Waals surface area contributed by atoms with Gasteiger partial charge in [-0.1, -0.05) is 53.5 Å². The molecule has 2 heterocycles. The molecule has 1 aliphatic heterocycles. The first-order valence-corrected chi connectivity index (χ1v) is 11.9. The van der Waals surface area contributed by atoms with Gasteiger partial charge in [0.25, 0.3) is 5.91 Å². The van der Waals surface area contributed by atoms with E-state index in [0.717, 1.165) is 30.9 Å². The second kappa shape index (κ2) is 8.91. The second-order valence-electron chi connectivity index (χ2n) is 8.71. The van der Waals surface area contributed by atoms with Gasteiger partial charge in [0.1, 0.15) is 11.9 Å². The summed E-state index contributed by atoms with van der Waals surface area (Å²) in [5, 5.41) is 10.4. The number of nitrogens with zero attached hydrogens (tertiary/aromatic N) is 2. The van der Waals surface area contributed by atoms with Crippen molar-refractivity contribution in [2.45, 2.75) is 44.4 Å². The summed E-state index contributed by atoms with van der Waals surface area (Å²) in [4.78, 5) is 13.7. The summed E-state index contributed by atoms with van der Waals surface area (Å²) in [5.41, 5.74) is 2.37. The molecule has 0 saturated heterocycles. The Hall–Kier alpha value is -2.97. The van der Waals surface area contributed by atoms with E-state index in [1.807, 2.05) is 24.3 Å². The van der Waals surface area contributed by atoms with Gasteiger partial charge in [0.05, 0.1) is 21.7 Å². The number of allylic oxidation sites excluding steroid dienone is 1. The largest absolute Gasteiger partial charge is 0.435 e. The van der Waals surface area contributed by atoms with Crippen LogP contribution in [-0.2, 0) is 17.4 Å². The zero-order valence-electron chi connectivity index (χ0n) is 18.6. The van der Waals surface area contributed by atoms with Gasteiger partial charge in [0, 0.05) is 11.8 Å². The summed E-state index contributed by atoms with van der Waals surface area (Å²) in [6, 6.07) is 12.5. The SMILES string of the molecule is CC1=C(C(=O)NC2CCCc3ccccc32)C(c2ccc(Cl)c(Cl)c2)n2nc(C(F)(F)F)cc2N1. The van der Waals surface area contributed by atoms with Crippen molar-refractivity contribution in [1.82, 2.24) is 15.1 Å². The standard InChI is InChI=1S/C25H21Cl2F3N4O/c1-13-22(24(35)32-19-8-4-6-14-5-2-3-7-16(14)19)23(15-9-10-17(26)18(27)11-15)34-21(31-13)12-20(33-34)25(28,29)30/h2-3,5,7,9-12,19,23,31H,4,6,8H2,1H3,(H,32,35). The van der Waals surface area contributed by atoms with Crippen molar-refractivity contribution >= 4 is 34.9 Å². The van der Waals surface area contributed by atoms with Gasteiger partial charge in [0.15, 0.2) is 5.69 Å². The lowest BCUT2D eigenvalue weighted by Gasteiger charge is -2.32. The van der Waals surface area contributed by atoms with Crippen LogP contribution in [0.15, 0.2) is 59.8 Å². The van der Waals surface area contributed by atoms with Crippen molar-refractivity contribution < 1.29 is 18.0 Å². The highest BCUT2D eigenvalue weighted by Gasteiger charge is 2.40. The van der Waals surface area contributed by atoms with Crippen molar-refractivity contribution in [3.8, 4) is 0 Å². The number of benzene rings is 2. The number of aryl methyl sites for hydroxylation is 1. The minimum atomic E-state index is -4.64. The first kappa shape index (κ1) is 23.8. The fraction of sp³-hybridized carbons (Fsp3) is 0.280. The van der Waals surface area contributed by atoms with Crippen molar-refractivity contribution in [3.63, 3.8) is 0 Å². The third kappa shape index (κ3) is 4.41. The molecule has 2 aliphatic rings. The molecule has 0 radical (unpaired) electrons. The molecule has 3 aromatic rings. The fourth-order valence-corrected chi connectivity index (χ4v) is 5.14. The maximum Gasteiger partial charge on any atom is 0.435 e. The van der Waals surface area contributed by atoms with Gasteiger partial charge >= 0.3 is 6.18 Å². The van der Waals surface area contributed by atoms with Crippen molar-refractivity contribution in [2.24, 2.45) is 0 Å². The van der Waals surface area contributed by atoms with Crippen molar-refractivity contribution in [2.75, 3.05) is 5.32 Å². The number of hydrogen-bond donors (Lipinski definition) is 2. The number of nitrogens with one attached hydrogen (secondary N) is 2. The second-order valence-corrected chi connectivity index (χ2v) is 9.53. The highest BCUT2D eigenvalue weighted by molar-refractivity contribution is 6.42. The number of aromatic nitrogens is 2. The molecule has 10 heteroatoms. The van der Waals surface area contributed by atoms with Gasteiger partial charge < -0.3 is 10.6 Å². The maximum absolute atomic E-state index is 13.7. The van der Waals surface area contributed by atoms with Crippen LogP contribution in [0.1, 0.15) is 54.2 Å². The maximum atomic E-state index is 13.7. The van der Waals surface area contributed by atoms with Gasteiger partial charge in [-0.25, -0.2) is 4.68 Å². The van der Waals surface area contributed by atoms with Gasteiger partial charge in [0.2, 0.25) is 0 Å². The normalized spacial score (nSPS) is 19.6. The molecule has 5 rings (SSSR count). The number of alkyl halides is 3. The first-order chi connectivity index (χ1) is 16.6. The summed E-state index contributed by atoms with van der Waals surface area (Å²) in [7, 11) is 0. The molecule has 2 N–H and O–H groups in total. The molecule has 35 heavy (non-hydrogen) atoms. The molecule has 2 atom stereocenters. The first-order valence-electron chi connectivity index (χ1n) is 11.1. The highest BCUT2D eigenvalue weighted by atomic mass is 35.5. The molecule has 5 nitrogen and oxygen atoms in total. The van der Waals surface area contributed by atoms with Gasteiger partial charge in [-0.3, -0.25) is 4.79 Å². The zero-order valence-corrected chi connectivity index (χ0v) is 20.1. The van der Waals surface area contributed by atoms with Crippen molar-refractivity contribution in [1.29, 1.82) is 0 Å². The van der Waals surface area contributed by atoms with E-state index in [1.165, 1.54) is 10.2 Å². The molecule has 1 amide bonds. The Bertz CT molecular complexity index is 1350. The quantitative estimate of drug-likeness (QED) is 0.404. The molecule has 0 spiro atoms. The molecule has 2 unspecified atom stereocenters. The Kier molecular flexibility index (Phi) is 6.05. The van der Waals surface area contributed by atoms with E-state index < -0.39 is 17.9 Å². The van der Waals surface area contributed by atoms with E-state index in [4.69, 9.17) is 23.2 Å². The minimum absolute atomic E-state index is 0.130. The summed E-state index contributed by atoms with van der Waals surface area (Å²) in [6.07, 6.45) is -2.01. The van der Waals surface area contributed by atoms with E-state index in [9.17, 15) is 18.0 Å². The molecule has 1 aliphatic carbocycles. The summed E-state index contributed by atoms with van der Waals surface area (Å²) in [6.45, 7) is 1.66. The Morgan fingerprint density at radius 1 is 1.14 bits per heavy atom. The molecular formula is C25H21Cl2F3N4O. The van der Waals surface area contributed by atoms with Gasteiger partial charge in [-0.2, -0.15) is 18.3 Å². The Morgan fingerprint density at radius 3 is 2.66 bits per heavy atom. The van der Waals surface area contributed by atoms with Gasteiger partial charge in [-0.05, 0) is 55.0 Å². The van der Waals surface area contributed by atoms with E-state index in [2.05, 4.69) is 15.7 Å². The van der Waals surface area contributed by atoms with Crippen LogP contribution in [-0.4, -0.2) is 15.7 Å². The number of amides is 1. The topological polar surface area (TPSA) is 59.0 Å². The monoisotopic (exact) mass is 520 g/mol.